The predicted molar refractivity (Wildman–Crippen MR) is 39.2 cm³/mol. The van der Waals surface area contributed by atoms with Gasteiger partial charge in [-0.1, -0.05) is 24.1 Å². The Morgan fingerprint density at radius 1 is 1.60 bits per heavy atom. The molecule has 1 rings (SSSR count). The highest BCUT2D eigenvalue weighted by Crippen LogP contribution is 2.05. The maximum absolute atomic E-state index is 8.40. The molecule has 0 aromatic rings. The number of allylic oxidation sites excluding steroid dienone is 4. The van der Waals surface area contributed by atoms with E-state index in [1.165, 1.54) is 0 Å². The summed E-state index contributed by atoms with van der Waals surface area (Å²) in [5.41, 5.74) is 8.92. The molecule has 0 N–H and O–H groups in total. The molecule has 1 aliphatic rings. The molecular weight excluding hydrogens is 124 g/mol. The molecule has 0 fully saturated rings. The van der Waals surface area contributed by atoms with Crippen LogP contribution in [0.15, 0.2) is 24.3 Å². The van der Waals surface area contributed by atoms with Crippen molar-refractivity contribution in [1.29, 1.82) is 0 Å². The van der Waals surface area contributed by atoms with E-state index in [9.17, 15) is 0 Å². The van der Waals surface area contributed by atoms with Gasteiger partial charge in [0, 0.05) is 6.08 Å². The average molecular weight is 130 g/mol. The first kappa shape index (κ1) is 6.54. The summed E-state index contributed by atoms with van der Waals surface area (Å²) in [4.78, 5) is 3.04. The van der Waals surface area contributed by atoms with Crippen molar-refractivity contribution in [3.05, 3.63) is 29.8 Å². The minimum absolute atomic E-state index is 0.171. The zero-order valence-electron chi connectivity index (χ0n) is 5.36. The van der Waals surface area contributed by atoms with Gasteiger partial charge >= 0.3 is 5.71 Å². The Bertz CT molecular complexity index is 272. The van der Waals surface area contributed by atoms with E-state index in [0.29, 0.717) is 5.71 Å². The van der Waals surface area contributed by atoms with Gasteiger partial charge in [-0.3, -0.25) is 0 Å². The SMILES string of the molecule is C#CC1C=CC=CC1=[N+]=[N-]. The lowest BCUT2D eigenvalue weighted by atomic mass is 10.00. The van der Waals surface area contributed by atoms with E-state index in [4.69, 9.17) is 12.0 Å². The van der Waals surface area contributed by atoms with Crippen LogP contribution in [0.25, 0.3) is 5.53 Å². The number of hydrogen-bond donors (Lipinski definition) is 0. The zero-order valence-corrected chi connectivity index (χ0v) is 5.36. The Kier molecular flexibility index (Phi) is 1.84. The van der Waals surface area contributed by atoms with Crippen LogP contribution in [0.1, 0.15) is 0 Å². The van der Waals surface area contributed by atoms with Crippen molar-refractivity contribution in [2.45, 2.75) is 0 Å². The van der Waals surface area contributed by atoms with Gasteiger partial charge in [-0.05, 0) is 0 Å². The molecule has 0 radical (unpaired) electrons. The van der Waals surface area contributed by atoms with Gasteiger partial charge in [0.2, 0.25) is 0 Å². The first-order valence-electron chi connectivity index (χ1n) is 2.91. The van der Waals surface area contributed by atoms with Crippen LogP contribution in [0.3, 0.4) is 0 Å². The Balaban J connectivity index is 2.98. The van der Waals surface area contributed by atoms with Gasteiger partial charge in [-0.25, -0.2) is 0 Å². The summed E-state index contributed by atoms with van der Waals surface area (Å²) in [5.74, 6) is 2.30. The lowest BCUT2D eigenvalue weighted by Gasteiger charge is -1.97. The fourth-order valence-electron chi connectivity index (χ4n) is 0.768. The maximum atomic E-state index is 8.40. The fraction of sp³-hybridized carbons (Fsp3) is 0.125. The third kappa shape index (κ3) is 1.05. The van der Waals surface area contributed by atoms with Crippen LogP contribution in [0, 0.1) is 18.3 Å². The summed E-state index contributed by atoms with van der Waals surface area (Å²) in [5, 5.41) is 0. The van der Waals surface area contributed by atoms with E-state index in [-0.39, 0.29) is 5.92 Å². The van der Waals surface area contributed by atoms with E-state index in [0.717, 1.165) is 0 Å². The lowest BCUT2D eigenvalue weighted by Crippen LogP contribution is -2.10. The first-order chi connectivity index (χ1) is 4.88. The second-order valence-corrected chi connectivity index (χ2v) is 1.91. The molecule has 0 aromatic heterocycles. The van der Waals surface area contributed by atoms with E-state index in [1.54, 1.807) is 18.2 Å². The molecule has 10 heavy (non-hydrogen) atoms. The highest BCUT2D eigenvalue weighted by molar-refractivity contribution is 5.96. The second-order valence-electron chi connectivity index (χ2n) is 1.91. The molecule has 0 heterocycles. The quantitative estimate of drug-likeness (QED) is 0.267. The second kappa shape index (κ2) is 2.82. The molecule has 1 unspecified atom stereocenters. The third-order valence-corrected chi connectivity index (χ3v) is 1.30. The van der Waals surface area contributed by atoms with Crippen molar-refractivity contribution < 1.29 is 4.79 Å². The molecule has 0 saturated heterocycles. The van der Waals surface area contributed by atoms with E-state index >= 15 is 0 Å². The smallest absolute Gasteiger partial charge is 0.310 e. The Morgan fingerprint density at radius 3 is 2.90 bits per heavy atom. The molecule has 0 amide bonds. The van der Waals surface area contributed by atoms with Crippen molar-refractivity contribution in [2.75, 3.05) is 0 Å². The van der Waals surface area contributed by atoms with Gasteiger partial charge in [-0.2, -0.15) is 4.79 Å². The average Bonchev–Trinajstić information content (AvgIpc) is 2.04. The van der Waals surface area contributed by atoms with Crippen molar-refractivity contribution in [3.8, 4) is 12.3 Å². The predicted octanol–water partition coefficient (Wildman–Crippen LogP) is 1.03. The van der Waals surface area contributed by atoms with Gasteiger partial charge < -0.3 is 5.53 Å². The highest BCUT2D eigenvalue weighted by atomic mass is 14.9. The van der Waals surface area contributed by atoms with Crippen LogP contribution in [0.2, 0.25) is 0 Å². The van der Waals surface area contributed by atoms with Gasteiger partial charge in [-0.15, -0.1) is 6.42 Å². The lowest BCUT2D eigenvalue weighted by molar-refractivity contribution is -0.00746. The summed E-state index contributed by atoms with van der Waals surface area (Å²) < 4.78 is 0. The third-order valence-electron chi connectivity index (χ3n) is 1.30. The normalized spacial score (nSPS) is 21.9. The van der Waals surface area contributed by atoms with Crippen LogP contribution in [-0.2, 0) is 0 Å². The van der Waals surface area contributed by atoms with Crippen molar-refractivity contribution in [2.24, 2.45) is 5.92 Å². The Morgan fingerprint density at radius 2 is 2.40 bits per heavy atom. The van der Waals surface area contributed by atoms with Crippen molar-refractivity contribution >= 4 is 5.71 Å². The molecular formula is C8H6N2. The highest BCUT2D eigenvalue weighted by Gasteiger charge is 2.16. The molecule has 0 spiro atoms. The topological polar surface area (TPSA) is 36.4 Å². The van der Waals surface area contributed by atoms with Crippen molar-refractivity contribution in [1.82, 2.24) is 0 Å². The van der Waals surface area contributed by atoms with Crippen LogP contribution >= 0.6 is 0 Å². The minimum Gasteiger partial charge on any atom is -0.361 e. The van der Waals surface area contributed by atoms with E-state index in [1.807, 2.05) is 6.08 Å². The molecule has 2 nitrogen and oxygen atoms in total. The van der Waals surface area contributed by atoms with Crippen LogP contribution in [0.4, 0.5) is 0 Å². The molecule has 0 saturated carbocycles. The van der Waals surface area contributed by atoms with E-state index in [2.05, 4.69) is 10.7 Å². The molecule has 2 heteroatoms. The Hall–Kier alpha value is -1.58. The standard InChI is InChI=1S/C8H6N2/c1-2-7-5-3-4-6-8(7)10-9/h1,3-7H. The zero-order chi connectivity index (χ0) is 7.40. The molecule has 0 aromatic carbocycles. The van der Waals surface area contributed by atoms with Crippen LogP contribution < -0.4 is 0 Å². The van der Waals surface area contributed by atoms with Gasteiger partial charge in [0.05, 0.1) is 0 Å². The number of hydrogen-bond acceptors (Lipinski definition) is 0. The van der Waals surface area contributed by atoms with Gasteiger partial charge in [0.15, 0.2) is 0 Å². The summed E-state index contributed by atoms with van der Waals surface area (Å²) in [6.07, 6.45) is 12.2. The van der Waals surface area contributed by atoms with Gasteiger partial charge in [0.25, 0.3) is 0 Å². The summed E-state index contributed by atoms with van der Waals surface area (Å²) in [6, 6.07) is 0. The fourth-order valence-corrected chi connectivity index (χ4v) is 0.768. The largest absolute Gasteiger partial charge is 0.361 e. The van der Waals surface area contributed by atoms with Gasteiger partial charge in [0.1, 0.15) is 5.92 Å². The minimum atomic E-state index is -0.171. The molecule has 1 atom stereocenters. The summed E-state index contributed by atoms with van der Waals surface area (Å²) in [7, 11) is 0. The summed E-state index contributed by atoms with van der Waals surface area (Å²) >= 11 is 0. The van der Waals surface area contributed by atoms with E-state index < -0.39 is 0 Å². The molecule has 0 aliphatic heterocycles. The van der Waals surface area contributed by atoms with Crippen LogP contribution in [-0.4, -0.2) is 10.5 Å². The maximum Gasteiger partial charge on any atom is 0.310 e. The molecule has 48 valence electrons. The Labute approximate surface area is 59.5 Å². The summed E-state index contributed by atoms with van der Waals surface area (Å²) in [6.45, 7) is 0. The molecule has 1 aliphatic carbocycles. The number of terminal acetylenes is 1. The number of rotatable bonds is 0. The van der Waals surface area contributed by atoms with Crippen LogP contribution in [0.5, 0.6) is 0 Å². The monoisotopic (exact) mass is 130 g/mol. The van der Waals surface area contributed by atoms with Crippen molar-refractivity contribution in [3.63, 3.8) is 0 Å². The molecule has 0 bridgehead atoms. The number of nitrogens with zero attached hydrogens (tertiary/aromatic N) is 2. The first-order valence-corrected chi connectivity index (χ1v) is 2.91.